The highest BCUT2D eigenvalue weighted by Gasteiger charge is 2.24. The molecule has 5 aromatic rings. The van der Waals surface area contributed by atoms with E-state index in [1.165, 1.54) is 0 Å². The molecule has 0 aliphatic carbocycles. The third-order valence-electron chi connectivity index (χ3n) is 5.22. The van der Waals surface area contributed by atoms with Crippen molar-refractivity contribution < 1.29 is 19.1 Å². The van der Waals surface area contributed by atoms with E-state index in [1.807, 2.05) is 54.6 Å². The number of para-hydroxylation sites is 2. The van der Waals surface area contributed by atoms with Crippen molar-refractivity contribution in [2.45, 2.75) is 0 Å². The van der Waals surface area contributed by atoms with Gasteiger partial charge in [-0.05, 0) is 64.0 Å². The number of rotatable bonds is 4. The zero-order valence-corrected chi connectivity index (χ0v) is 17.0. The highest BCUT2D eigenvalue weighted by Crippen LogP contribution is 2.30. The van der Waals surface area contributed by atoms with Crippen LogP contribution in [0.3, 0.4) is 0 Å². The Morgan fingerprint density at radius 3 is 1.66 bits per heavy atom. The van der Waals surface area contributed by atoms with Crippen LogP contribution in [0.5, 0.6) is 11.5 Å². The van der Waals surface area contributed by atoms with Crippen LogP contribution in [-0.4, -0.2) is 11.9 Å². The van der Waals surface area contributed by atoms with E-state index >= 15 is 0 Å². The first-order chi connectivity index (χ1) is 15.7. The van der Waals surface area contributed by atoms with Crippen molar-refractivity contribution in [3.8, 4) is 11.5 Å². The van der Waals surface area contributed by atoms with Crippen molar-refractivity contribution in [2.75, 3.05) is 0 Å². The molecule has 0 saturated heterocycles. The Balaban J connectivity index is 1.66. The van der Waals surface area contributed by atoms with E-state index in [-0.39, 0.29) is 11.1 Å². The summed E-state index contributed by atoms with van der Waals surface area (Å²) in [5.74, 6) is -0.431. The molecule has 0 unspecified atom stereocenters. The Labute approximate surface area is 184 Å². The fourth-order valence-corrected chi connectivity index (χ4v) is 3.70. The van der Waals surface area contributed by atoms with E-state index in [2.05, 4.69) is 0 Å². The highest BCUT2D eigenvalue weighted by molar-refractivity contribution is 6.15. The monoisotopic (exact) mass is 418 g/mol. The molecule has 0 saturated carbocycles. The lowest BCUT2D eigenvalue weighted by Gasteiger charge is -2.13. The molecule has 0 atom stereocenters. The first-order valence-electron chi connectivity index (χ1n) is 10.2. The molecule has 0 aromatic heterocycles. The van der Waals surface area contributed by atoms with Gasteiger partial charge in [0.25, 0.3) is 0 Å². The lowest BCUT2D eigenvalue weighted by Crippen LogP contribution is -2.18. The maximum atomic E-state index is 13.3. The molecule has 32 heavy (non-hydrogen) atoms. The van der Waals surface area contributed by atoms with Crippen molar-refractivity contribution in [1.29, 1.82) is 0 Å². The maximum Gasteiger partial charge on any atom is 0.345 e. The van der Waals surface area contributed by atoms with Gasteiger partial charge in [0.15, 0.2) is 0 Å². The zero-order chi connectivity index (χ0) is 21.9. The number of benzene rings is 5. The van der Waals surface area contributed by atoms with Crippen LogP contribution in [-0.2, 0) is 0 Å². The molecular weight excluding hydrogens is 400 g/mol. The van der Waals surface area contributed by atoms with Gasteiger partial charge in [0.1, 0.15) is 11.5 Å². The quantitative estimate of drug-likeness (QED) is 0.192. The number of hydrogen-bond acceptors (Lipinski definition) is 4. The molecule has 0 bridgehead atoms. The maximum absolute atomic E-state index is 13.3. The number of carbonyl (C=O) groups is 2. The number of fused-ring (bicyclic) bond motifs is 2. The minimum absolute atomic E-state index is 0.151. The summed E-state index contributed by atoms with van der Waals surface area (Å²) in [7, 11) is 0. The second-order valence-corrected chi connectivity index (χ2v) is 7.31. The second-order valence-electron chi connectivity index (χ2n) is 7.31. The summed E-state index contributed by atoms with van der Waals surface area (Å²) < 4.78 is 11.1. The minimum atomic E-state index is -0.619. The molecule has 0 aliphatic heterocycles. The Morgan fingerprint density at radius 2 is 1.03 bits per heavy atom. The first kappa shape index (κ1) is 19.5. The standard InChI is InChI=1S/C28H18O4/c29-27(31-22-11-3-1-4-12-22)24-16-15-21-17-19-9-7-8-10-20(19)18-25(21)26(24)28(30)32-23-13-5-2-6-14-23/h1-18H. The van der Waals surface area contributed by atoms with Crippen LogP contribution < -0.4 is 9.47 Å². The van der Waals surface area contributed by atoms with Crippen molar-refractivity contribution in [3.63, 3.8) is 0 Å². The predicted octanol–water partition coefficient (Wildman–Crippen LogP) is 6.43. The molecule has 0 heterocycles. The fourth-order valence-electron chi connectivity index (χ4n) is 3.70. The van der Waals surface area contributed by atoms with Crippen LogP contribution >= 0.6 is 0 Å². The molecular formula is C28H18O4. The van der Waals surface area contributed by atoms with E-state index in [0.717, 1.165) is 16.2 Å². The van der Waals surface area contributed by atoms with Gasteiger partial charge >= 0.3 is 11.9 Å². The number of hydrogen-bond donors (Lipinski definition) is 0. The molecule has 5 rings (SSSR count). The lowest BCUT2D eigenvalue weighted by molar-refractivity contribution is 0.0693. The lowest BCUT2D eigenvalue weighted by atomic mass is 9.96. The number of esters is 2. The smallest absolute Gasteiger partial charge is 0.345 e. The summed E-state index contributed by atoms with van der Waals surface area (Å²) in [6, 6.07) is 32.8. The summed E-state index contributed by atoms with van der Waals surface area (Å²) in [6.07, 6.45) is 0. The SMILES string of the molecule is O=C(Oc1ccccc1)c1ccc2cc3ccccc3cc2c1C(=O)Oc1ccccc1. The van der Waals surface area contributed by atoms with E-state index in [9.17, 15) is 9.59 Å². The van der Waals surface area contributed by atoms with Gasteiger partial charge in [-0.2, -0.15) is 0 Å². The summed E-state index contributed by atoms with van der Waals surface area (Å²) in [4.78, 5) is 26.4. The predicted molar refractivity (Wildman–Crippen MR) is 124 cm³/mol. The summed E-state index contributed by atoms with van der Waals surface area (Å²) >= 11 is 0. The van der Waals surface area contributed by atoms with Gasteiger partial charge in [-0.3, -0.25) is 0 Å². The fraction of sp³-hybridized carbons (Fsp3) is 0. The number of ether oxygens (including phenoxy) is 2. The molecule has 0 N–H and O–H groups in total. The molecule has 0 radical (unpaired) electrons. The Hall–Kier alpha value is -4.44. The largest absolute Gasteiger partial charge is 0.423 e. The molecule has 4 nitrogen and oxygen atoms in total. The Bertz CT molecular complexity index is 1440. The van der Waals surface area contributed by atoms with Crippen LogP contribution in [0.2, 0.25) is 0 Å². The van der Waals surface area contributed by atoms with E-state index < -0.39 is 11.9 Å². The van der Waals surface area contributed by atoms with Crippen molar-refractivity contribution in [1.82, 2.24) is 0 Å². The second kappa shape index (κ2) is 8.36. The van der Waals surface area contributed by atoms with Gasteiger partial charge in [0, 0.05) is 0 Å². The van der Waals surface area contributed by atoms with Crippen LogP contribution in [0.25, 0.3) is 21.5 Å². The third-order valence-corrected chi connectivity index (χ3v) is 5.22. The average Bonchev–Trinajstić information content (AvgIpc) is 2.83. The van der Waals surface area contributed by atoms with Gasteiger partial charge in [-0.1, -0.05) is 66.7 Å². The van der Waals surface area contributed by atoms with Gasteiger partial charge in [-0.15, -0.1) is 0 Å². The van der Waals surface area contributed by atoms with Crippen LogP contribution in [0.15, 0.2) is 109 Å². The first-order valence-corrected chi connectivity index (χ1v) is 10.2. The molecule has 5 aromatic carbocycles. The average molecular weight is 418 g/mol. The molecule has 0 fully saturated rings. The molecule has 154 valence electrons. The van der Waals surface area contributed by atoms with E-state index in [0.29, 0.717) is 16.9 Å². The van der Waals surface area contributed by atoms with Gasteiger partial charge in [0.05, 0.1) is 11.1 Å². The normalized spacial score (nSPS) is 10.8. The summed E-state index contributed by atoms with van der Waals surface area (Å²) in [6.45, 7) is 0. The van der Waals surface area contributed by atoms with Crippen molar-refractivity contribution in [3.05, 3.63) is 120 Å². The van der Waals surface area contributed by atoms with E-state index in [4.69, 9.17) is 9.47 Å². The highest BCUT2D eigenvalue weighted by atomic mass is 16.5. The van der Waals surface area contributed by atoms with Crippen molar-refractivity contribution >= 4 is 33.5 Å². The van der Waals surface area contributed by atoms with Gasteiger partial charge in [-0.25, -0.2) is 9.59 Å². The summed E-state index contributed by atoms with van der Waals surface area (Å²) in [5.41, 5.74) is 0.329. The molecule has 0 spiro atoms. The molecule has 0 aliphatic rings. The topological polar surface area (TPSA) is 52.6 Å². The zero-order valence-electron chi connectivity index (χ0n) is 17.0. The molecule has 0 amide bonds. The van der Waals surface area contributed by atoms with Crippen LogP contribution in [0.1, 0.15) is 20.7 Å². The van der Waals surface area contributed by atoms with Crippen LogP contribution in [0.4, 0.5) is 0 Å². The molecule has 4 heteroatoms. The Morgan fingerprint density at radius 1 is 0.500 bits per heavy atom. The van der Waals surface area contributed by atoms with Gasteiger partial charge in [0.2, 0.25) is 0 Å². The van der Waals surface area contributed by atoms with Gasteiger partial charge < -0.3 is 9.47 Å². The summed E-state index contributed by atoms with van der Waals surface area (Å²) in [5, 5.41) is 3.47. The number of carbonyl (C=O) groups excluding carboxylic acids is 2. The van der Waals surface area contributed by atoms with E-state index in [1.54, 1.807) is 54.6 Å². The Kier molecular flexibility index (Phi) is 5.10. The van der Waals surface area contributed by atoms with Crippen molar-refractivity contribution in [2.24, 2.45) is 0 Å². The minimum Gasteiger partial charge on any atom is -0.423 e. The third kappa shape index (κ3) is 3.82. The van der Waals surface area contributed by atoms with Crippen LogP contribution in [0, 0.1) is 0 Å².